The molecule has 0 unspecified atom stereocenters. The van der Waals surface area contributed by atoms with Crippen molar-refractivity contribution >= 4 is 34.8 Å². The Morgan fingerprint density at radius 2 is 1.60 bits per heavy atom. The summed E-state index contributed by atoms with van der Waals surface area (Å²) in [5, 5.41) is 3.33. The highest BCUT2D eigenvalue weighted by Crippen LogP contribution is 2.49. The van der Waals surface area contributed by atoms with Gasteiger partial charge >= 0.3 is 0 Å². The van der Waals surface area contributed by atoms with E-state index in [0.29, 0.717) is 41.3 Å². The SMILES string of the molecule is CCN(CC)C(=O)CN1C(=O)[C@@]2(Nc3ccccc3C(=O)N2c2ccc(F)cc2)c2ccccc21. The molecule has 0 fully saturated rings. The number of hydrogen-bond acceptors (Lipinski definition) is 4. The minimum Gasteiger partial charge on any atom is -0.350 e. The van der Waals surface area contributed by atoms with E-state index in [2.05, 4.69) is 5.32 Å². The molecule has 1 atom stereocenters. The summed E-state index contributed by atoms with van der Waals surface area (Å²) in [5.74, 6) is -1.49. The third-order valence-corrected chi connectivity index (χ3v) is 6.65. The van der Waals surface area contributed by atoms with Gasteiger partial charge in [0, 0.05) is 30.0 Å². The van der Waals surface area contributed by atoms with Crippen LogP contribution in [-0.4, -0.2) is 42.3 Å². The third-order valence-electron chi connectivity index (χ3n) is 6.65. The van der Waals surface area contributed by atoms with E-state index in [1.54, 1.807) is 53.4 Å². The maximum atomic E-state index is 14.3. The smallest absolute Gasteiger partial charge is 0.279 e. The van der Waals surface area contributed by atoms with E-state index < -0.39 is 23.3 Å². The minimum atomic E-state index is -1.64. The summed E-state index contributed by atoms with van der Waals surface area (Å²) in [7, 11) is 0. The fraction of sp³-hybridized carbons (Fsp3) is 0.222. The lowest BCUT2D eigenvalue weighted by molar-refractivity contribution is -0.131. The normalized spacial score (nSPS) is 18.4. The Hall–Kier alpha value is -4.20. The highest BCUT2D eigenvalue weighted by atomic mass is 19.1. The van der Waals surface area contributed by atoms with E-state index in [4.69, 9.17) is 0 Å². The number of rotatable bonds is 5. The number of carbonyl (C=O) groups is 3. The lowest BCUT2D eigenvalue weighted by Crippen LogP contribution is -2.63. The Labute approximate surface area is 202 Å². The van der Waals surface area contributed by atoms with Crippen molar-refractivity contribution in [2.24, 2.45) is 0 Å². The second-order valence-corrected chi connectivity index (χ2v) is 8.47. The Kier molecular flexibility index (Phi) is 5.51. The van der Waals surface area contributed by atoms with Gasteiger partial charge in [-0.05, 0) is 56.3 Å². The standard InChI is InChI=1S/C27H25FN4O3/c1-3-30(4-2)24(33)17-31-23-12-8-6-10-21(23)27(26(31)35)29-22-11-7-5-9-20(22)25(34)32(27)19-15-13-18(28)14-16-19/h5-16,29H,3-4,17H2,1-2H3/t27-/m1/s1. The zero-order valence-electron chi connectivity index (χ0n) is 19.5. The number of hydrogen-bond donors (Lipinski definition) is 1. The molecule has 2 aliphatic rings. The second-order valence-electron chi connectivity index (χ2n) is 8.47. The zero-order chi connectivity index (χ0) is 24.7. The first-order chi connectivity index (χ1) is 16.9. The maximum absolute atomic E-state index is 14.3. The monoisotopic (exact) mass is 472 g/mol. The molecule has 2 aliphatic heterocycles. The molecule has 0 saturated carbocycles. The molecule has 8 heteroatoms. The summed E-state index contributed by atoms with van der Waals surface area (Å²) in [6.07, 6.45) is 0. The molecule has 2 heterocycles. The number of likely N-dealkylation sites (N-methyl/N-ethyl adjacent to an activating group) is 1. The number of nitrogens with one attached hydrogen (secondary N) is 1. The van der Waals surface area contributed by atoms with Gasteiger partial charge in [-0.1, -0.05) is 30.3 Å². The molecule has 178 valence electrons. The van der Waals surface area contributed by atoms with Gasteiger partial charge in [-0.2, -0.15) is 0 Å². The zero-order valence-corrected chi connectivity index (χ0v) is 19.5. The van der Waals surface area contributed by atoms with Crippen molar-refractivity contribution in [3.63, 3.8) is 0 Å². The van der Waals surface area contributed by atoms with Gasteiger partial charge in [0.1, 0.15) is 12.4 Å². The molecule has 5 rings (SSSR count). The van der Waals surface area contributed by atoms with Crippen LogP contribution in [0.25, 0.3) is 0 Å². The quantitative estimate of drug-likeness (QED) is 0.610. The first-order valence-electron chi connectivity index (χ1n) is 11.6. The topological polar surface area (TPSA) is 73.0 Å². The van der Waals surface area contributed by atoms with Crippen LogP contribution in [0, 0.1) is 5.82 Å². The van der Waals surface area contributed by atoms with E-state index in [1.807, 2.05) is 13.8 Å². The van der Waals surface area contributed by atoms with Crippen molar-refractivity contribution in [2.45, 2.75) is 19.5 Å². The highest BCUT2D eigenvalue weighted by Gasteiger charge is 2.60. The van der Waals surface area contributed by atoms with Gasteiger partial charge in [0.05, 0.1) is 11.3 Å². The molecule has 1 spiro atoms. The van der Waals surface area contributed by atoms with Gasteiger partial charge in [0.2, 0.25) is 11.6 Å². The molecule has 35 heavy (non-hydrogen) atoms. The summed E-state index contributed by atoms with van der Waals surface area (Å²) in [5.41, 5.74) is 0.720. The molecular weight excluding hydrogens is 447 g/mol. The molecule has 0 bridgehead atoms. The first kappa shape index (κ1) is 22.6. The van der Waals surface area contributed by atoms with Gasteiger partial charge < -0.3 is 10.2 Å². The molecule has 0 aromatic heterocycles. The maximum Gasteiger partial charge on any atom is 0.279 e. The highest BCUT2D eigenvalue weighted by molar-refractivity contribution is 6.23. The molecule has 1 N–H and O–H groups in total. The average Bonchev–Trinajstić information content (AvgIpc) is 3.09. The van der Waals surface area contributed by atoms with Crippen LogP contribution < -0.4 is 15.1 Å². The predicted octanol–water partition coefficient (Wildman–Crippen LogP) is 3.97. The van der Waals surface area contributed by atoms with Crippen molar-refractivity contribution in [1.82, 2.24) is 4.90 Å². The number of halogens is 1. The number of fused-ring (bicyclic) bond motifs is 3. The number of anilines is 3. The Morgan fingerprint density at radius 1 is 0.943 bits per heavy atom. The number of para-hydroxylation sites is 2. The van der Waals surface area contributed by atoms with Gasteiger partial charge in [0.25, 0.3) is 11.8 Å². The Morgan fingerprint density at radius 3 is 2.31 bits per heavy atom. The van der Waals surface area contributed by atoms with Crippen LogP contribution in [0.15, 0.2) is 72.8 Å². The fourth-order valence-electron chi connectivity index (χ4n) is 4.94. The number of amides is 3. The summed E-state index contributed by atoms with van der Waals surface area (Å²) in [6.45, 7) is 4.66. The lowest BCUT2D eigenvalue weighted by Gasteiger charge is -2.45. The predicted molar refractivity (Wildman–Crippen MR) is 132 cm³/mol. The van der Waals surface area contributed by atoms with Gasteiger partial charge in [-0.25, -0.2) is 4.39 Å². The number of carbonyl (C=O) groups excluding carboxylic acids is 3. The summed E-state index contributed by atoms with van der Waals surface area (Å²) >= 11 is 0. The summed E-state index contributed by atoms with van der Waals surface area (Å²) in [6, 6.07) is 19.6. The molecule has 3 aromatic carbocycles. The van der Waals surface area contributed by atoms with Crippen LogP contribution in [0.1, 0.15) is 29.8 Å². The molecule has 0 aliphatic carbocycles. The summed E-state index contributed by atoms with van der Waals surface area (Å²) in [4.78, 5) is 45.7. The molecule has 3 aromatic rings. The fourth-order valence-corrected chi connectivity index (χ4v) is 4.94. The van der Waals surface area contributed by atoms with Crippen LogP contribution in [0.4, 0.5) is 21.5 Å². The number of nitrogens with zero attached hydrogens (tertiary/aromatic N) is 3. The third kappa shape index (κ3) is 3.36. The van der Waals surface area contributed by atoms with Crippen LogP contribution in [0.2, 0.25) is 0 Å². The van der Waals surface area contributed by atoms with Crippen LogP contribution in [0.3, 0.4) is 0 Å². The molecule has 0 radical (unpaired) electrons. The molecular formula is C27H25FN4O3. The van der Waals surface area contributed by atoms with E-state index in [1.165, 1.54) is 34.1 Å². The second kappa shape index (κ2) is 8.54. The van der Waals surface area contributed by atoms with E-state index in [9.17, 15) is 18.8 Å². The van der Waals surface area contributed by atoms with E-state index in [-0.39, 0.29) is 12.5 Å². The lowest BCUT2D eigenvalue weighted by atomic mass is 9.92. The van der Waals surface area contributed by atoms with Gasteiger partial charge in [-0.3, -0.25) is 24.2 Å². The van der Waals surface area contributed by atoms with Crippen molar-refractivity contribution in [2.75, 3.05) is 34.8 Å². The number of benzene rings is 3. The largest absolute Gasteiger partial charge is 0.350 e. The Bertz CT molecular complexity index is 1320. The molecule has 0 saturated heterocycles. The van der Waals surface area contributed by atoms with Crippen LogP contribution in [-0.2, 0) is 15.3 Å². The van der Waals surface area contributed by atoms with Crippen LogP contribution >= 0.6 is 0 Å². The molecule has 3 amide bonds. The van der Waals surface area contributed by atoms with Crippen molar-refractivity contribution < 1.29 is 18.8 Å². The first-order valence-corrected chi connectivity index (χ1v) is 11.6. The average molecular weight is 473 g/mol. The minimum absolute atomic E-state index is 0.159. The summed E-state index contributed by atoms with van der Waals surface area (Å²) < 4.78 is 13.8. The molecule has 7 nitrogen and oxygen atoms in total. The van der Waals surface area contributed by atoms with E-state index >= 15 is 0 Å². The van der Waals surface area contributed by atoms with Crippen LogP contribution in [0.5, 0.6) is 0 Å². The van der Waals surface area contributed by atoms with Gasteiger partial charge in [-0.15, -0.1) is 0 Å². The Balaban J connectivity index is 1.71. The van der Waals surface area contributed by atoms with Crippen molar-refractivity contribution in [3.8, 4) is 0 Å². The van der Waals surface area contributed by atoms with Crippen molar-refractivity contribution in [1.29, 1.82) is 0 Å². The van der Waals surface area contributed by atoms with Gasteiger partial charge in [0.15, 0.2) is 0 Å². The van der Waals surface area contributed by atoms with Crippen molar-refractivity contribution in [3.05, 3.63) is 89.7 Å². The van der Waals surface area contributed by atoms with E-state index in [0.717, 1.165) is 0 Å².